The molecule has 0 bridgehead atoms. The maximum absolute atomic E-state index is 13.8. The molecule has 2 atom stereocenters. The van der Waals surface area contributed by atoms with Gasteiger partial charge in [0.1, 0.15) is 18.3 Å². The summed E-state index contributed by atoms with van der Waals surface area (Å²) >= 11 is 0. The van der Waals surface area contributed by atoms with Crippen molar-refractivity contribution in [3.63, 3.8) is 0 Å². The Morgan fingerprint density at radius 2 is 1.64 bits per heavy atom. The van der Waals surface area contributed by atoms with Crippen molar-refractivity contribution >= 4 is 27.5 Å². The number of anilines is 1. The zero-order valence-electron chi connectivity index (χ0n) is 22.2. The molecular weight excluding hydrogens is 478 g/mol. The first kappa shape index (κ1) is 29.2. The Bertz CT molecular complexity index is 1120. The molecule has 2 amide bonds. The number of rotatable bonds is 13. The van der Waals surface area contributed by atoms with E-state index >= 15 is 0 Å². The number of carbonyl (C=O) groups is 2. The number of sulfonamides is 1. The molecule has 0 aliphatic rings. The Kier molecular flexibility index (Phi) is 10.8. The second-order valence-corrected chi connectivity index (χ2v) is 10.8. The van der Waals surface area contributed by atoms with Gasteiger partial charge in [-0.25, -0.2) is 8.42 Å². The molecule has 0 spiro atoms. The molecule has 0 saturated carbocycles. The molecule has 2 aromatic rings. The summed E-state index contributed by atoms with van der Waals surface area (Å²) in [7, 11) is -3.84. The van der Waals surface area contributed by atoms with Crippen LogP contribution < -0.4 is 14.4 Å². The van der Waals surface area contributed by atoms with Crippen LogP contribution in [0.2, 0.25) is 0 Å². The van der Waals surface area contributed by atoms with Gasteiger partial charge in [-0.2, -0.15) is 0 Å². The summed E-state index contributed by atoms with van der Waals surface area (Å²) in [6.07, 6.45) is 2.19. The first-order valence-corrected chi connectivity index (χ1v) is 14.2. The predicted octanol–water partition coefficient (Wildman–Crippen LogP) is 3.88. The largest absolute Gasteiger partial charge is 0.492 e. The van der Waals surface area contributed by atoms with E-state index in [-0.39, 0.29) is 24.2 Å². The molecule has 2 rings (SSSR count). The minimum absolute atomic E-state index is 0.0477. The maximum Gasteiger partial charge on any atom is 0.244 e. The topological polar surface area (TPSA) is 96.0 Å². The number of para-hydroxylation sites is 2. The summed E-state index contributed by atoms with van der Waals surface area (Å²) in [6, 6.07) is 13.6. The number of nitrogens with zero attached hydrogens (tertiary/aromatic N) is 2. The van der Waals surface area contributed by atoms with E-state index in [1.165, 1.54) is 4.90 Å². The van der Waals surface area contributed by atoms with E-state index in [0.717, 1.165) is 28.1 Å². The number of benzene rings is 2. The number of carbonyl (C=O) groups excluding carboxylic acids is 2. The molecule has 36 heavy (non-hydrogen) atoms. The number of hydrogen-bond donors (Lipinski definition) is 1. The molecule has 0 radical (unpaired) electrons. The predicted molar refractivity (Wildman–Crippen MR) is 144 cm³/mol. The van der Waals surface area contributed by atoms with Crippen molar-refractivity contribution in [1.29, 1.82) is 0 Å². The number of amides is 2. The monoisotopic (exact) mass is 517 g/mol. The third-order valence-corrected chi connectivity index (χ3v) is 7.10. The highest BCUT2D eigenvalue weighted by atomic mass is 32.2. The highest BCUT2D eigenvalue weighted by molar-refractivity contribution is 7.92. The smallest absolute Gasteiger partial charge is 0.244 e. The van der Waals surface area contributed by atoms with Gasteiger partial charge in [0.15, 0.2) is 0 Å². The van der Waals surface area contributed by atoms with E-state index in [4.69, 9.17) is 4.74 Å². The van der Waals surface area contributed by atoms with Crippen LogP contribution in [0.3, 0.4) is 0 Å². The zero-order valence-corrected chi connectivity index (χ0v) is 23.0. The van der Waals surface area contributed by atoms with Gasteiger partial charge < -0.3 is 15.0 Å². The van der Waals surface area contributed by atoms with Crippen LogP contribution in [0, 0.1) is 6.92 Å². The Labute approximate surface area is 215 Å². The first-order chi connectivity index (χ1) is 17.0. The third kappa shape index (κ3) is 7.98. The molecule has 8 nitrogen and oxygen atoms in total. The van der Waals surface area contributed by atoms with Crippen molar-refractivity contribution in [3.05, 3.63) is 59.7 Å². The fraction of sp³-hybridized carbons (Fsp3) is 0.481. The minimum Gasteiger partial charge on any atom is -0.492 e. The van der Waals surface area contributed by atoms with Gasteiger partial charge in [-0.1, -0.05) is 55.8 Å². The van der Waals surface area contributed by atoms with Gasteiger partial charge in [-0.05, 0) is 51.3 Å². The summed E-state index contributed by atoms with van der Waals surface area (Å²) in [4.78, 5) is 28.4. The second kappa shape index (κ2) is 13.3. The molecule has 2 aromatic carbocycles. The number of hydrogen-bond acceptors (Lipinski definition) is 5. The fourth-order valence-electron chi connectivity index (χ4n) is 3.79. The maximum atomic E-state index is 13.8. The zero-order chi connectivity index (χ0) is 26.9. The lowest BCUT2D eigenvalue weighted by Gasteiger charge is -2.33. The summed E-state index contributed by atoms with van der Waals surface area (Å²) in [5, 5.41) is 2.97. The van der Waals surface area contributed by atoms with Crippen LogP contribution in [-0.4, -0.2) is 56.6 Å². The SMILES string of the molecule is CCOc1ccccc1N(CC(=O)N(Cc1ccc(C)cc1)[C@H](CC)C(=O)N[C@@H](C)CC)S(C)(=O)=O. The fourth-order valence-corrected chi connectivity index (χ4v) is 4.64. The van der Waals surface area contributed by atoms with Crippen molar-refractivity contribution < 1.29 is 22.7 Å². The number of ether oxygens (including phenoxy) is 1. The van der Waals surface area contributed by atoms with Gasteiger partial charge in [-0.15, -0.1) is 0 Å². The van der Waals surface area contributed by atoms with Gasteiger partial charge in [0.25, 0.3) is 0 Å². The molecule has 9 heteroatoms. The highest BCUT2D eigenvalue weighted by Gasteiger charge is 2.32. The van der Waals surface area contributed by atoms with E-state index < -0.39 is 28.5 Å². The summed E-state index contributed by atoms with van der Waals surface area (Å²) in [5.41, 5.74) is 2.21. The molecule has 1 N–H and O–H groups in total. The van der Waals surface area contributed by atoms with Gasteiger partial charge in [0, 0.05) is 12.6 Å². The average Bonchev–Trinajstić information content (AvgIpc) is 2.83. The Balaban J connectivity index is 2.47. The van der Waals surface area contributed by atoms with Crippen LogP contribution >= 0.6 is 0 Å². The highest BCUT2D eigenvalue weighted by Crippen LogP contribution is 2.30. The van der Waals surface area contributed by atoms with E-state index in [1.807, 2.05) is 52.0 Å². The minimum atomic E-state index is -3.84. The Morgan fingerprint density at radius 3 is 2.19 bits per heavy atom. The lowest BCUT2D eigenvalue weighted by atomic mass is 10.1. The molecule has 198 valence electrons. The van der Waals surface area contributed by atoms with Gasteiger partial charge in [0.05, 0.1) is 18.6 Å². The molecule has 0 heterocycles. The second-order valence-electron chi connectivity index (χ2n) is 8.92. The molecule has 0 saturated heterocycles. The third-order valence-electron chi connectivity index (χ3n) is 5.97. The average molecular weight is 518 g/mol. The quantitative estimate of drug-likeness (QED) is 0.435. The van der Waals surface area contributed by atoms with Crippen LogP contribution in [0.1, 0.15) is 51.7 Å². The van der Waals surface area contributed by atoms with E-state index in [9.17, 15) is 18.0 Å². The van der Waals surface area contributed by atoms with Crippen LogP contribution in [-0.2, 0) is 26.2 Å². The van der Waals surface area contributed by atoms with E-state index in [0.29, 0.717) is 18.8 Å². The number of aryl methyl sites for hydroxylation is 1. The Morgan fingerprint density at radius 1 is 1.00 bits per heavy atom. The van der Waals surface area contributed by atoms with Crippen molar-refractivity contribution in [2.75, 3.05) is 23.7 Å². The van der Waals surface area contributed by atoms with Crippen molar-refractivity contribution in [3.8, 4) is 5.75 Å². The molecule has 0 fully saturated rings. The number of nitrogens with one attached hydrogen (secondary N) is 1. The van der Waals surface area contributed by atoms with Crippen molar-refractivity contribution in [2.24, 2.45) is 0 Å². The Hall–Kier alpha value is -3.07. The van der Waals surface area contributed by atoms with Crippen molar-refractivity contribution in [2.45, 2.75) is 66.1 Å². The van der Waals surface area contributed by atoms with Gasteiger partial charge in [0.2, 0.25) is 21.8 Å². The summed E-state index contributed by atoms with van der Waals surface area (Å²) in [5.74, 6) is -0.365. The van der Waals surface area contributed by atoms with Crippen molar-refractivity contribution in [1.82, 2.24) is 10.2 Å². The van der Waals surface area contributed by atoms with Crippen LogP contribution in [0.4, 0.5) is 5.69 Å². The van der Waals surface area contributed by atoms with E-state index in [1.54, 1.807) is 31.2 Å². The first-order valence-electron chi connectivity index (χ1n) is 12.4. The summed E-state index contributed by atoms with van der Waals surface area (Å²) < 4.78 is 32.3. The normalized spacial score (nSPS) is 12.9. The molecule has 0 aliphatic carbocycles. The molecular formula is C27H39N3O5S. The standard InChI is InChI=1S/C27H39N3O5S/c1-7-21(5)28-27(32)23(8-2)29(18-22-16-14-20(4)15-17-22)26(31)19-30(36(6,33)34)24-12-10-11-13-25(24)35-9-3/h10-17,21,23H,7-9,18-19H2,1-6H3,(H,28,32)/t21-,23+/m0/s1. The summed E-state index contributed by atoms with van der Waals surface area (Å²) in [6.45, 7) is 9.56. The van der Waals surface area contributed by atoms with Crippen LogP contribution in [0.5, 0.6) is 5.75 Å². The van der Waals surface area contributed by atoms with Crippen LogP contribution in [0.25, 0.3) is 0 Å². The molecule has 0 unspecified atom stereocenters. The molecule has 0 aliphatic heterocycles. The lowest BCUT2D eigenvalue weighted by molar-refractivity contribution is -0.140. The van der Waals surface area contributed by atoms with Crippen LogP contribution in [0.15, 0.2) is 48.5 Å². The molecule has 0 aromatic heterocycles. The van der Waals surface area contributed by atoms with Gasteiger partial charge in [-0.3, -0.25) is 13.9 Å². The lowest BCUT2D eigenvalue weighted by Crippen LogP contribution is -2.53. The van der Waals surface area contributed by atoms with Gasteiger partial charge >= 0.3 is 0 Å². The van der Waals surface area contributed by atoms with E-state index in [2.05, 4.69) is 5.32 Å².